The van der Waals surface area contributed by atoms with Gasteiger partial charge in [0, 0.05) is 17.8 Å². The van der Waals surface area contributed by atoms with Crippen LogP contribution >= 0.6 is 0 Å². The van der Waals surface area contributed by atoms with E-state index in [1.807, 2.05) is 0 Å². The highest BCUT2D eigenvalue weighted by atomic mass is 16.6. The summed E-state index contributed by atoms with van der Waals surface area (Å²) in [6.45, 7) is 2.64. The molecular weight excluding hydrogens is 356 g/mol. The second-order valence-corrected chi connectivity index (χ2v) is 6.64. The standard InChI is InChI=1S/C17H22N4O6/c1-8(4-11(23)26-3)9-5-21(15-12(9)14(18)19-7-20-15)16-17(2,25)13(24)10(6-22)27-16/h4-5,7,10,13,16,22,24-25H,6H2,1-3H3,(H2,18,19,20)/t10-,13-,16?,17-/m1/s1. The summed E-state index contributed by atoms with van der Waals surface area (Å²) in [6, 6.07) is 0. The molecule has 1 aliphatic rings. The van der Waals surface area contributed by atoms with Crippen LogP contribution in [0.15, 0.2) is 18.6 Å². The SMILES string of the molecule is COC(=O)C=C(C)c1cn(C2O[C@H](CO)[C@@H](O)[C@@]2(C)O)c2ncnc(N)c12. The number of hydrogen-bond acceptors (Lipinski definition) is 9. The first-order valence-electron chi connectivity index (χ1n) is 8.26. The Balaban J connectivity index is 2.20. The van der Waals surface area contributed by atoms with Crippen LogP contribution in [0.5, 0.6) is 0 Å². The zero-order valence-electron chi connectivity index (χ0n) is 15.2. The third kappa shape index (κ3) is 3.06. The fourth-order valence-electron chi connectivity index (χ4n) is 3.29. The number of fused-ring (bicyclic) bond motifs is 1. The van der Waals surface area contributed by atoms with E-state index in [0.717, 1.165) is 0 Å². The van der Waals surface area contributed by atoms with Crippen LogP contribution < -0.4 is 5.73 Å². The average molecular weight is 378 g/mol. The summed E-state index contributed by atoms with van der Waals surface area (Å²) in [5.74, 6) is -0.355. The van der Waals surface area contributed by atoms with E-state index in [2.05, 4.69) is 14.7 Å². The molecule has 2 aromatic rings. The Bertz CT molecular complexity index is 906. The Morgan fingerprint density at radius 3 is 2.81 bits per heavy atom. The molecule has 1 aliphatic heterocycles. The average Bonchev–Trinajstić information content (AvgIpc) is 3.12. The molecule has 2 aromatic heterocycles. The van der Waals surface area contributed by atoms with Gasteiger partial charge >= 0.3 is 5.97 Å². The molecule has 4 atom stereocenters. The van der Waals surface area contributed by atoms with Gasteiger partial charge in [-0.1, -0.05) is 0 Å². The molecule has 0 radical (unpaired) electrons. The van der Waals surface area contributed by atoms with Gasteiger partial charge < -0.3 is 35.1 Å². The van der Waals surface area contributed by atoms with Crippen molar-refractivity contribution >= 4 is 28.4 Å². The molecule has 3 heterocycles. The van der Waals surface area contributed by atoms with Crippen LogP contribution in [0.2, 0.25) is 0 Å². The predicted octanol–water partition coefficient (Wildman–Crippen LogP) is -0.409. The fraction of sp³-hybridized carbons (Fsp3) is 0.471. The number of aliphatic hydroxyl groups is 3. The van der Waals surface area contributed by atoms with E-state index in [1.54, 1.807) is 13.1 Å². The minimum absolute atomic E-state index is 0.184. The van der Waals surface area contributed by atoms with Crippen molar-refractivity contribution in [2.75, 3.05) is 19.5 Å². The topological polar surface area (TPSA) is 153 Å². The maximum Gasteiger partial charge on any atom is 0.330 e. The summed E-state index contributed by atoms with van der Waals surface area (Å²) in [4.78, 5) is 19.8. The zero-order valence-corrected chi connectivity index (χ0v) is 15.2. The maximum atomic E-state index is 11.6. The molecule has 5 N–H and O–H groups in total. The van der Waals surface area contributed by atoms with E-state index in [0.29, 0.717) is 22.2 Å². The van der Waals surface area contributed by atoms with Crippen LogP contribution in [0.1, 0.15) is 25.6 Å². The van der Waals surface area contributed by atoms with Gasteiger partial charge in [-0.25, -0.2) is 14.8 Å². The predicted molar refractivity (Wildman–Crippen MR) is 95.2 cm³/mol. The lowest BCUT2D eigenvalue weighted by Gasteiger charge is -2.27. The first kappa shape index (κ1) is 19.2. The van der Waals surface area contributed by atoms with Crippen LogP contribution in [-0.2, 0) is 14.3 Å². The lowest BCUT2D eigenvalue weighted by atomic mass is 9.96. The van der Waals surface area contributed by atoms with Crippen molar-refractivity contribution in [2.24, 2.45) is 0 Å². The number of ether oxygens (including phenoxy) is 2. The highest BCUT2D eigenvalue weighted by molar-refractivity contribution is 6.01. The Kier molecular flexibility index (Phi) is 4.91. The van der Waals surface area contributed by atoms with Crippen molar-refractivity contribution < 1.29 is 29.6 Å². The smallest absolute Gasteiger partial charge is 0.330 e. The molecule has 3 rings (SSSR count). The van der Waals surface area contributed by atoms with Gasteiger partial charge in [-0.3, -0.25) is 0 Å². The number of nitrogen functional groups attached to an aromatic ring is 1. The van der Waals surface area contributed by atoms with Crippen molar-refractivity contribution in [1.82, 2.24) is 14.5 Å². The van der Waals surface area contributed by atoms with Gasteiger partial charge in [0.15, 0.2) is 6.23 Å². The summed E-state index contributed by atoms with van der Waals surface area (Å²) in [5.41, 5.74) is 5.77. The number of rotatable bonds is 4. The molecule has 27 heavy (non-hydrogen) atoms. The van der Waals surface area contributed by atoms with Crippen LogP contribution in [0, 0.1) is 0 Å². The molecule has 1 saturated heterocycles. The van der Waals surface area contributed by atoms with E-state index >= 15 is 0 Å². The molecule has 0 aromatic carbocycles. The minimum Gasteiger partial charge on any atom is -0.466 e. The van der Waals surface area contributed by atoms with Crippen LogP contribution in [0.4, 0.5) is 5.82 Å². The number of aromatic nitrogens is 3. The van der Waals surface area contributed by atoms with Gasteiger partial charge in [0.1, 0.15) is 35.6 Å². The molecule has 146 valence electrons. The number of hydrogen-bond donors (Lipinski definition) is 4. The number of nitrogens with two attached hydrogens (primary N) is 1. The summed E-state index contributed by atoms with van der Waals surface area (Å²) in [6.07, 6.45) is 0.860. The van der Waals surface area contributed by atoms with Gasteiger partial charge in [-0.05, 0) is 19.4 Å². The largest absolute Gasteiger partial charge is 0.466 e. The number of aliphatic hydroxyl groups excluding tert-OH is 2. The van der Waals surface area contributed by atoms with Crippen molar-refractivity contribution in [1.29, 1.82) is 0 Å². The Morgan fingerprint density at radius 1 is 1.52 bits per heavy atom. The first-order chi connectivity index (χ1) is 12.7. The third-order valence-electron chi connectivity index (χ3n) is 4.79. The van der Waals surface area contributed by atoms with Gasteiger partial charge in [0.05, 0.1) is 19.1 Å². The molecule has 10 nitrogen and oxygen atoms in total. The van der Waals surface area contributed by atoms with E-state index in [9.17, 15) is 20.1 Å². The molecule has 0 amide bonds. The Hall–Kier alpha value is -2.53. The van der Waals surface area contributed by atoms with Crippen LogP contribution in [0.25, 0.3) is 16.6 Å². The van der Waals surface area contributed by atoms with Gasteiger partial charge in [0.25, 0.3) is 0 Å². The van der Waals surface area contributed by atoms with E-state index in [-0.39, 0.29) is 5.82 Å². The van der Waals surface area contributed by atoms with Crippen LogP contribution in [-0.4, -0.2) is 67.3 Å². The third-order valence-corrected chi connectivity index (χ3v) is 4.79. The molecule has 0 spiro atoms. The van der Waals surface area contributed by atoms with Crippen molar-refractivity contribution in [2.45, 2.75) is 37.9 Å². The number of allylic oxidation sites excluding steroid dienone is 1. The number of methoxy groups -OCH3 is 1. The Labute approximate surface area is 154 Å². The molecule has 1 unspecified atom stereocenters. The van der Waals surface area contributed by atoms with E-state index < -0.39 is 36.6 Å². The quantitative estimate of drug-likeness (QED) is 0.411. The monoisotopic (exact) mass is 378 g/mol. The summed E-state index contributed by atoms with van der Waals surface area (Å²) in [5, 5.41) is 30.9. The molecule has 0 saturated carbocycles. The molecule has 0 bridgehead atoms. The van der Waals surface area contributed by atoms with Crippen molar-refractivity contribution in [3.63, 3.8) is 0 Å². The van der Waals surface area contributed by atoms with Crippen molar-refractivity contribution in [3.8, 4) is 0 Å². The maximum absolute atomic E-state index is 11.6. The highest BCUT2D eigenvalue weighted by Gasteiger charge is 2.53. The van der Waals surface area contributed by atoms with Gasteiger partial charge in [-0.2, -0.15) is 0 Å². The number of nitrogens with zero attached hydrogens (tertiary/aromatic N) is 3. The second kappa shape index (κ2) is 6.89. The lowest BCUT2D eigenvalue weighted by Crippen LogP contribution is -2.44. The number of anilines is 1. The fourth-order valence-corrected chi connectivity index (χ4v) is 3.29. The number of carbonyl (C=O) groups excluding carboxylic acids is 1. The molecular formula is C17H22N4O6. The lowest BCUT2D eigenvalue weighted by molar-refractivity contribution is -0.134. The first-order valence-corrected chi connectivity index (χ1v) is 8.26. The minimum atomic E-state index is -1.70. The number of carbonyl (C=O) groups is 1. The summed E-state index contributed by atoms with van der Waals surface area (Å²) in [7, 11) is 1.27. The Morgan fingerprint density at radius 2 is 2.22 bits per heavy atom. The molecule has 0 aliphatic carbocycles. The summed E-state index contributed by atoms with van der Waals surface area (Å²) >= 11 is 0. The van der Waals surface area contributed by atoms with Gasteiger partial charge in [0.2, 0.25) is 0 Å². The molecule has 10 heteroatoms. The zero-order chi connectivity index (χ0) is 19.9. The second-order valence-electron chi connectivity index (χ2n) is 6.64. The van der Waals surface area contributed by atoms with Crippen LogP contribution in [0.3, 0.4) is 0 Å². The molecule has 1 fully saturated rings. The highest BCUT2D eigenvalue weighted by Crippen LogP contribution is 2.41. The van der Waals surface area contributed by atoms with Gasteiger partial charge in [-0.15, -0.1) is 0 Å². The van der Waals surface area contributed by atoms with E-state index in [1.165, 1.54) is 31.0 Å². The normalized spacial score (nSPS) is 28.7. The summed E-state index contributed by atoms with van der Waals surface area (Å²) < 4.78 is 11.8. The van der Waals surface area contributed by atoms with Crippen molar-refractivity contribution in [3.05, 3.63) is 24.2 Å². The number of esters is 1. The van der Waals surface area contributed by atoms with E-state index in [4.69, 9.17) is 10.5 Å².